The Morgan fingerprint density at radius 3 is 2.67 bits per heavy atom. The summed E-state index contributed by atoms with van der Waals surface area (Å²) in [5.41, 5.74) is 3.61. The van der Waals surface area contributed by atoms with Gasteiger partial charge in [-0.05, 0) is 84.3 Å². The molecular formula is C30H36N6O3. The van der Waals surface area contributed by atoms with Crippen molar-refractivity contribution >= 4 is 10.9 Å². The van der Waals surface area contributed by atoms with E-state index in [4.69, 9.17) is 9.47 Å². The van der Waals surface area contributed by atoms with E-state index >= 15 is 0 Å². The Kier molecular flexibility index (Phi) is 7.43. The molecule has 2 aromatic heterocycles. The van der Waals surface area contributed by atoms with Crippen LogP contribution < -0.4 is 10.3 Å². The molecule has 4 aromatic rings. The summed E-state index contributed by atoms with van der Waals surface area (Å²) in [5, 5.41) is 14.2. The number of methoxy groups -OCH3 is 1. The van der Waals surface area contributed by atoms with Crippen molar-refractivity contribution < 1.29 is 9.47 Å². The van der Waals surface area contributed by atoms with E-state index in [1.807, 2.05) is 35.0 Å². The highest BCUT2D eigenvalue weighted by Gasteiger charge is 2.35. The van der Waals surface area contributed by atoms with Crippen molar-refractivity contribution in [3.8, 4) is 5.75 Å². The van der Waals surface area contributed by atoms with Gasteiger partial charge in [0.2, 0.25) is 0 Å². The van der Waals surface area contributed by atoms with Crippen molar-refractivity contribution in [3.63, 3.8) is 0 Å². The van der Waals surface area contributed by atoms with Crippen LogP contribution in [0.25, 0.3) is 10.9 Å². The molecule has 0 bridgehead atoms. The lowest BCUT2D eigenvalue weighted by atomic mass is 10.0. The van der Waals surface area contributed by atoms with Crippen LogP contribution in [0.4, 0.5) is 0 Å². The number of H-pyrrole nitrogens is 1. The Hall–Kier alpha value is -3.56. The smallest absolute Gasteiger partial charge is 0.253 e. The van der Waals surface area contributed by atoms with Crippen LogP contribution in [-0.4, -0.2) is 56.5 Å². The van der Waals surface area contributed by atoms with Gasteiger partial charge in [-0.3, -0.25) is 9.69 Å². The van der Waals surface area contributed by atoms with Gasteiger partial charge in [0.05, 0.1) is 19.3 Å². The molecule has 204 valence electrons. The van der Waals surface area contributed by atoms with E-state index in [0.29, 0.717) is 24.5 Å². The van der Waals surface area contributed by atoms with E-state index in [1.54, 1.807) is 7.11 Å². The number of aromatic nitrogens is 5. The predicted molar refractivity (Wildman–Crippen MR) is 149 cm³/mol. The molecule has 9 heteroatoms. The van der Waals surface area contributed by atoms with Crippen LogP contribution in [0.1, 0.15) is 73.1 Å². The molecule has 6 rings (SSSR count). The zero-order valence-corrected chi connectivity index (χ0v) is 22.7. The molecule has 9 nitrogen and oxygen atoms in total. The molecule has 39 heavy (non-hydrogen) atoms. The Labute approximate surface area is 228 Å². The number of tetrazole rings is 1. The minimum Gasteiger partial charge on any atom is -0.497 e. The summed E-state index contributed by atoms with van der Waals surface area (Å²) in [6, 6.07) is 16.0. The Bertz CT molecular complexity index is 1470. The number of fused-ring (bicyclic) bond motifs is 1. The molecular weight excluding hydrogens is 492 g/mol. The van der Waals surface area contributed by atoms with Gasteiger partial charge >= 0.3 is 0 Å². The highest BCUT2D eigenvalue weighted by atomic mass is 16.5. The van der Waals surface area contributed by atoms with Crippen molar-refractivity contribution in [3.05, 3.63) is 81.4 Å². The first-order chi connectivity index (χ1) is 19.1. The SMILES string of the molecule is COc1ccc(CN(CC2CCCO2)C(c2cc3cc(C)ccc3[nH]c2=O)c2nnnn2C2CCCC2)cc1. The van der Waals surface area contributed by atoms with Crippen molar-refractivity contribution in [2.75, 3.05) is 20.3 Å². The van der Waals surface area contributed by atoms with E-state index in [1.165, 1.54) is 0 Å². The summed E-state index contributed by atoms with van der Waals surface area (Å²) in [7, 11) is 1.67. The maximum Gasteiger partial charge on any atom is 0.253 e. The van der Waals surface area contributed by atoms with Crippen LogP contribution in [0.15, 0.2) is 53.3 Å². The Morgan fingerprint density at radius 1 is 1.10 bits per heavy atom. The van der Waals surface area contributed by atoms with Gasteiger partial charge in [0.15, 0.2) is 5.82 Å². The van der Waals surface area contributed by atoms with Crippen molar-refractivity contribution in [1.82, 2.24) is 30.1 Å². The van der Waals surface area contributed by atoms with Crippen molar-refractivity contribution in [1.29, 1.82) is 0 Å². The second-order valence-electron chi connectivity index (χ2n) is 10.9. The average Bonchev–Trinajstić information content (AvgIpc) is 3.73. The Morgan fingerprint density at radius 2 is 1.92 bits per heavy atom. The van der Waals surface area contributed by atoms with E-state index in [2.05, 4.69) is 50.5 Å². The molecule has 1 aliphatic heterocycles. The van der Waals surface area contributed by atoms with E-state index < -0.39 is 6.04 Å². The van der Waals surface area contributed by atoms with Crippen LogP contribution in [0.2, 0.25) is 0 Å². The maximum atomic E-state index is 13.8. The third kappa shape index (κ3) is 5.46. The summed E-state index contributed by atoms with van der Waals surface area (Å²) in [4.78, 5) is 19.2. The van der Waals surface area contributed by atoms with Crippen molar-refractivity contribution in [2.24, 2.45) is 0 Å². The number of nitrogens with zero attached hydrogens (tertiary/aromatic N) is 5. The fraction of sp³-hybridized carbons (Fsp3) is 0.467. The summed E-state index contributed by atoms with van der Waals surface area (Å²) in [6.07, 6.45) is 6.54. The summed E-state index contributed by atoms with van der Waals surface area (Å²) < 4.78 is 13.5. The molecule has 1 saturated carbocycles. The molecule has 0 spiro atoms. The molecule has 2 unspecified atom stereocenters. The van der Waals surface area contributed by atoms with Gasteiger partial charge in [-0.2, -0.15) is 0 Å². The summed E-state index contributed by atoms with van der Waals surface area (Å²) in [5.74, 6) is 1.53. The third-order valence-corrected chi connectivity index (χ3v) is 8.13. The fourth-order valence-corrected chi connectivity index (χ4v) is 6.11. The summed E-state index contributed by atoms with van der Waals surface area (Å²) in [6.45, 7) is 4.11. The highest BCUT2D eigenvalue weighted by molar-refractivity contribution is 5.79. The average molecular weight is 529 g/mol. The zero-order chi connectivity index (χ0) is 26.8. The first kappa shape index (κ1) is 25.7. The number of hydrogen-bond donors (Lipinski definition) is 1. The second kappa shape index (κ2) is 11.3. The van der Waals surface area contributed by atoms with Crippen LogP contribution >= 0.6 is 0 Å². The zero-order valence-electron chi connectivity index (χ0n) is 22.7. The van der Waals surface area contributed by atoms with Gasteiger partial charge in [-0.1, -0.05) is 36.6 Å². The molecule has 0 amide bonds. The monoisotopic (exact) mass is 528 g/mol. The lowest BCUT2D eigenvalue weighted by Crippen LogP contribution is -2.39. The lowest BCUT2D eigenvalue weighted by Gasteiger charge is -2.33. The van der Waals surface area contributed by atoms with Crippen LogP contribution in [0.3, 0.4) is 0 Å². The second-order valence-corrected chi connectivity index (χ2v) is 10.9. The van der Waals surface area contributed by atoms with Gasteiger partial charge in [-0.15, -0.1) is 5.10 Å². The first-order valence-electron chi connectivity index (χ1n) is 14.0. The number of aromatic amines is 1. The fourth-order valence-electron chi connectivity index (χ4n) is 6.11. The number of nitrogens with one attached hydrogen (secondary N) is 1. The third-order valence-electron chi connectivity index (χ3n) is 8.13. The normalized spacial score (nSPS) is 18.8. The van der Waals surface area contributed by atoms with Crippen LogP contribution in [0.5, 0.6) is 5.75 Å². The van der Waals surface area contributed by atoms with Gasteiger partial charge in [-0.25, -0.2) is 4.68 Å². The molecule has 0 radical (unpaired) electrons. The minimum absolute atomic E-state index is 0.0864. The molecule has 2 aromatic carbocycles. The molecule has 2 aliphatic rings. The molecule has 1 saturated heterocycles. The molecule has 2 fully saturated rings. The van der Waals surface area contributed by atoms with Gasteiger partial charge < -0.3 is 14.5 Å². The minimum atomic E-state index is -0.444. The van der Waals surface area contributed by atoms with Gasteiger partial charge in [0.1, 0.15) is 11.8 Å². The van der Waals surface area contributed by atoms with Gasteiger partial charge in [0.25, 0.3) is 5.56 Å². The molecule has 3 heterocycles. The first-order valence-corrected chi connectivity index (χ1v) is 14.0. The van der Waals surface area contributed by atoms with Crippen LogP contribution in [-0.2, 0) is 11.3 Å². The number of pyridine rings is 1. The number of ether oxygens (including phenoxy) is 2. The van der Waals surface area contributed by atoms with Gasteiger partial charge in [0, 0.05) is 30.8 Å². The largest absolute Gasteiger partial charge is 0.497 e. The number of aryl methyl sites for hydroxylation is 1. The maximum absolute atomic E-state index is 13.8. The number of hydrogen-bond acceptors (Lipinski definition) is 7. The van der Waals surface area contributed by atoms with E-state index in [9.17, 15) is 4.79 Å². The highest BCUT2D eigenvalue weighted by Crippen LogP contribution is 2.35. The summed E-state index contributed by atoms with van der Waals surface area (Å²) >= 11 is 0. The number of rotatable bonds is 9. The van der Waals surface area contributed by atoms with E-state index in [-0.39, 0.29) is 17.7 Å². The van der Waals surface area contributed by atoms with Crippen molar-refractivity contribution in [2.45, 2.75) is 70.2 Å². The van der Waals surface area contributed by atoms with Crippen LogP contribution in [0, 0.1) is 6.92 Å². The Balaban J connectivity index is 1.49. The predicted octanol–water partition coefficient (Wildman–Crippen LogP) is 4.72. The number of benzene rings is 2. The molecule has 1 aliphatic carbocycles. The van der Waals surface area contributed by atoms with E-state index in [0.717, 1.165) is 72.9 Å². The topological polar surface area (TPSA) is 98.2 Å². The lowest BCUT2D eigenvalue weighted by molar-refractivity contribution is 0.0569. The molecule has 2 atom stereocenters. The quantitative estimate of drug-likeness (QED) is 0.336. The molecule has 1 N–H and O–H groups in total. The standard InChI is InChI=1S/C30H36N6O3/c1-20-9-14-27-22(16-20)17-26(30(37)31-27)28(29-32-33-34-36(29)23-6-3-4-7-23)35(19-25-8-5-15-39-25)18-21-10-12-24(38-2)13-11-21/h9-14,16-17,23,25,28H,3-8,15,18-19H2,1-2H3,(H,31,37).